The molecule has 1 saturated heterocycles. The summed E-state index contributed by atoms with van der Waals surface area (Å²) in [4.78, 5) is 32.8. The van der Waals surface area contributed by atoms with Crippen LogP contribution in [-0.2, 0) is 4.79 Å². The number of aliphatic hydroxyl groups excluding tert-OH is 1. The summed E-state index contributed by atoms with van der Waals surface area (Å²) in [7, 11) is 0. The summed E-state index contributed by atoms with van der Waals surface area (Å²) in [5.74, 6) is 0.447. The van der Waals surface area contributed by atoms with Crippen LogP contribution in [0.15, 0.2) is 30.3 Å². The normalized spacial score (nSPS) is 24.7. The highest BCUT2D eigenvalue weighted by Crippen LogP contribution is 2.25. The van der Waals surface area contributed by atoms with Crippen molar-refractivity contribution in [2.45, 2.75) is 51.3 Å². The zero-order valence-corrected chi connectivity index (χ0v) is 18.1. The lowest BCUT2D eigenvalue weighted by molar-refractivity contribution is -0.131. The third kappa shape index (κ3) is 4.62. The van der Waals surface area contributed by atoms with E-state index < -0.39 is 6.10 Å². The largest absolute Gasteiger partial charge is 0.389 e. The Bertz CT molecular complexity index is 923. The van der Waals surface area contributed by atoms with Crippen LogP contribution in [0.5, 0.6) is 0 Å². The van der Waals surface area contributed by atoms with Crippen LogP contribution < -0.4 is 5.32 Å². The van der Waals surface area contributed by atoms with Crippen molar-refractivity contribution in [2.75, 3.05) is 26.2 Å². The molecule has 31 heavy (non-hydrogen) atoms. The maximum absolute atomic E-state index is 12.8. The van der Waals surface area contributed by atoms with E-state index in [0.29, 0.717) is 18.9 Å². The van der Waals surface area contributed by atoms with E-state index in [2.05, 4.69) is 20.3 Å². The van der Waals surface area contributed by atoms with Crippen molar-refractivity contribution >= 4 is 11.8 Å². The molecule has 1 aromatic carbocycles. The van der Waals surface area contributed by atoms with Crippen LogP contribution in [0.3, 0.4) is 0 Å². The number of aryl methyl sites for hydroxylation is 1. The Morgan fingerprint density at radius 3 is 2.48 bits per heavy atom. The number of hydrogen-bond donors (Lipinski definition) is 2. The van der Waals surface area contributed by atoms with Gasteiger partial charge in [0.2, 0.25) is 11.7 Å². The fourth-order valence-electron chi connectivity index (χ4n) is 4.61. The summed E-state index contributed by atoms with van der Waals surface area (Å²) in [6.07, 6.45) is 1.85. The number of rotatable bonds is 4. The second-order valence-electron chi connectivity index (χ2n) is 8.34. The smallest absolute Gasteiger partial charge is 0.291 e. The summed E-state index contributed by atoms with van der Waals surface area (Å²) in [5.41, 5.74) is 0.842. The number of hydrogen-bond acceptors (Lipinski definition) is 6. The molecule has 4 rings (SSSR count). The van der Waals surface area contributed by atoms with Crippen LogP contribution in [0.1, 0.15) is 42.6 Å². The number of nitrogens with one attached hydrogen (secondary N) is 1. The lowest BCUT2D eigenvalue weighted by Crippen LogP contribution is -2.60. The molecule has 2 aromatic rings. The first kappa shape index (κ1) is 21.5. The molecule has 166 valence electrons. The van der Waals surface area contributed by atoms with Gasteiger partial charge in [0.1, 0.15) is 5.82 Å². The van der Waals surface area contributed by atoms with E-state index in [0.717, 1.165) is 38.0 Å². The molecule has 2 heterocycles. The Morgan fingerprint density at radius 2 is 1.81 bits per heavy atom. The Balaban J connectivity index is 1.40. The minimum Gasteiger partial charge on any atom is -0.389 e. The molecule has 1 aromatic heterocycles. The van der Waals surface area contributed by atoms with Crippen LogP contribution in [0.2, 0.25) is 0 Å². The van der Waals surface area contributed by atoms with Gasteiger partial charge >= 0.3 is 0 Å². The number of benzene rings is 1. The van der Waals surface area contributed by atoms with E-state index in [1.165, 1.54) is 0 Å². The molecule has 1 aliphatic heterocycles. The zero-order valence-electron chi connectivity index (χ0n) is 18.1. The highest BCUT2D eigenvalue weighted by atomic mass is 16.3. The number of aromatic nitrogens is 3. The molecule has 1 aliphatic carbocycles. The van der Waals surface area contributed by atoms with Gasteiger partial charge in [0, 0.05) is 39.1 Å². The van der Waals surface area contributed by atoms with E-state index in [4.69, 9.17) is 0 Å². The number of amides is 2. The standard InChI is InChI=1S/C22H30N6O3/c1-15-23-21(25-28(15)17-7-4-3-5-8-17)22(31)24-18-9-6-10-19(20(18)30)27-13-11-26(12-14-27)16(2)29/h3-5,7-8,18-20,30H,6,9-14H2,1-2H3,(H,24,31)/t18-,19-,20-/m1/s1. The summed E-state index contributed by atoms with van der Waals surface area (Å²) in [5, 5.41) is 18.3. The van der Waals surface area contributed by atoms with E-state index >= 15 is 0 Å². The van der Waals surface area contributed by atoms with Crippen molar-refractivity contribution < 1.29 is 14.7 Å². The van der Waals surface area contributed by atoms with Crippen LogP contribution in [-0.4, -0.2) is 85.9 Å². The first-order valence-corrected chi connectivity index (χ1v) is 10.9. The van der Waals surface area contributed by atoms with Gasteiger partial charge in [-0.15, -0.1) is 5.10 Å². The average molecular weight is 427 g/mol. The molecule has 3 atom stereocenters. The van der Waals surface area contributed by atoms with Crippen molar-refractivity contribution in [3.8, 4) is 5.69 Å². The van der Waals surface area contributed by atoms with Gasteiger partial charge in [-0.25, -0.2) is 9.67 Å². The summed E-state index contributed by atoms with van der Waals surface area (Å²) in [6.45, 7) is 6.23. The van der Waals surface area contributed by atoms with E-state index in [1.807, 2.05) is 42.2 Å². The fraction of sp³-hybridized carbons (Fsp3) is 0.545. The van der Waals surface area contributed by atoms with Crippen molar-refractivity contribution in [3.05, 3.63) is 42.0 Å². The van der Waals surface area contributed by atoms with E-state index in [9.17, 15) is 14.7 Å². The topological polar surface area (TPSA) is 104 Å². The Labute approximate surface area is 182 Å². The average Bonchev–Trinajstić information content (AvgIpc) is 3.17. The summed E-state index contributed by atoms with van der Waals surface area (Å²) >= 11 is 0. The third-order valence-corrected chi connectivity index (χ3v) is 6.34. The maximum atomic E-state index is 12.8. The summed E-state index contributed by atoms with van der Waals surface area (Å²) in [6, 6.07) is 9.18. The number of carbonyl (C=O) groups excluding carboxylic acids is 2. The molecule has 0 spiro atoms. The Morgan fingerprint density at radius 1 is 1.10 bits per heavy atom. The molecule has 1 saturated carbocycles. The molecule has 0 unspecified atom stereocenters. The van der Waals surface area contributed by atoms with Gasteiger partial charge in [-0.05, 0) is 38.3 Å². The molecule has 0 radical (unpaired) electrons. The first-order chi connectivity index (χ1) is 14.9. The molecular weight excluding hydrogens is 396 g/mol. The predicted molar refractivity (Wildman–Crippen MR) is 115 cm³/mol. The monoisotopic (exact) mass is 426 g/mol. The predicted octanol–water partition coefficient (Wildman–Crippen LogP) is 0.752. The molecular formula is C22H30N6O3. The maximum Gasteiger partial charge on any atom is 0.291 e. The quantitative estimate of drug-likeness (QED) is 0.748. The molecule has 0 bridgehead atoms. The van der Waals surface area contributed by atoms with Crippen molar-refractivity contribution in [1.29, 1.82) is 0 Å². The first-order valence-electron chi connectivity index (χ1n) is 10.9. The second kappa shape index (κ2) is 9.15. The Hall–Kier alpha value is -2.78. The zero-order chi connectivity index (χ0) is 22.0. The SMILES string of the molecule is CC(=O)N1CCN([C@@H]2CCC[C@@H](NC(=O)c3nc(C)n(-c4ccccc4)n3)[C@H]2O)CC1. The molecule has 9 nitrogen and oxygen atoms in total. The number of aliphatic hydroxyl groups is 1. The number of piperazine rings is 1. The lowest BCUT2D eigenvalue weighted by Gasteiger charge is -2.44. The number of nitrogens with zero attached hydrogens (tertiary/aromatic N) is 5. The molecule has 2 N–H and O–H groups in total. The van der Waals surface area contributed by atoms with Gasteiger partial charge in [0.15, 0.2) is 0 Å². The minimum absolute atomic E-state index is 0.0234. The molecule has 9 heteroatoms. The summed E-state index contributed by atoms with van der Waals surface area (Å²) < 4.78 is 1.64. The lowest BCUT2D eigenvalue weighted by atomic mass is 9.86. The third-order valence-electron chi connectivity index (χ3n) is 6.34. The van der Waals surface area contributed by atoms with Crippen LogP contribution in [0.25, 0.3) is 5.69 Å². The second-order valence-corrected chi connectivity index (χ2v) is 8.34. The van der Waals surface area contributed by atoms with Crippen LogP contribution in [0.4, 0.5) is 0 Å². The van der Waals surface area contributed by atoms with Gasteiger partial charge in [-0.2, -0.15) is 0 Å². The van der Waals surface area contributed by atoms with Crippen molar-refractivity contribution in [2.24, 2.45) is 0 Å². The van der Waals surface area contributed by atoms with Gasteiger partial charge in [-0.3, -0.25) is 14.5 Å². The molecule has 2 fully saturated rings. The number of carbonyl (C=O) groups is 2. The fourth-order valence-corrected chi connectivity index (χ4v) is 4.61. The highest BCUT2D eigenvalue weighted by Gasteiger charge is 2.38. The van der Waals surface area contributed by atoms with Crippen LogP contribution >= 0.6 is 0 Å². The van der Waals surface area contributed by atoms with Crippen molar-refractivity contribution in [3.63, 3.8) is 0 Å². The highest BCUT2D eigenvalue weighted by molar-refractivity contribution is 5.90. The Kier molecular flexibility index (Phi) is 6.33. The van der Waals surface area contributed by atoms with Gasteiger partial charge < -0.3 is 15.3 Å². The number of para-hydroxylation sites is 1. The van der Waals surface area contributed by atoms with E-state index in [-0.39, 0.29) is 29.7 Å². The van der Waals surface area contributed by atoms with Gasteiger partial charge in [-0.1, -0.05) is 18.2 Å². The van der Waals surface area contributed by atoms with Crippen LogP contribution in [0, 0.1) is 6.92 Å². The molecule has 2 aliphatic rings. The molecule has 2 amide bonds. The van der Waals surface area contributed by atoms with E-state index in [1.54, 1.807) is 11.6 Å². The van der Waals surface area contributed by atoms with Gasteiger partial charge in [0.25, 0.3) is 5.91 Å². The van der Waals surface area contributed by atoms with Crippen molar-refractivity contribution in [1.82, 2.24) is 29.9 Å². The minimum atomic E-state index is -0.668. The van der Waals surface area contributed by atoms with Gasteiger partial charge in [0.05, 0.1) is 17.8 Å².